The average molecular weight is 444 g/mol. The van der Waals surface area contributed by atoms with Gasteiger partial charge in [-0.05, 0) is 48.7 Å². The lowest BCUT2D eigenvalue weighted by Gasteiger charge is -2.17. The highest BCUT2D eigenvalue weighted by molar-refractivity contribution is 5.79. The summed E-state index contributed by atoms with van der Waals surface area (Å²) in [6.45, 7) is 3.96. The minimum Gasteiger partial charge on any atom is -0.479 e. The van der Waals surface area contributed by atoms with E-state index in [9.17, 15) is 9.59 Å². The fourth-order valence-electron chi connectivity index (χ4n) is 3.32. The molecule has 0 fully saturated rings. The summed E-state index contributed by atoms with van der Waals surface area (Å²) in [7, 11) is 0. The smallest absolute Gasteiger partial charge is 0.347 e. The molecule has 0 aliphatic rings. The molecule has 0 N–H and O–H groups in total. The van der Waals surface area contributed by atoms with Gasteiger partial charge in [-0.15, -0.1) is 0 Å². The topological polar surface area (TPSA) is 75.0 Å². The van der Waals surface area contributed by atoms with Gasteiger partial charge in [-0.3, -0.25) is 4.79 Å². The van der Waals surface area contributed by atoms with E-state index in [4.69, 9.17) is 18.6 Å². The maximum absolute atomic E-state index is 12.8. The molecule has 1 atom stereocenters. The zero-order chi connectivity index (χ0) is 23.2. The number of rotatable bonds is 8. The first-order valence-electron chi connectivity index (χ1n) is 10.7. The zero-order valence-electron chi connectivity index (χ0n) is 18.4. The average Bonchev–Trinajstić information content (AvgIpc) is 2.83. The van der Waals surface area contributed by atoms with Crippen LogP contribution in [0.25, 0.3) is 11.0 Å². The standard InChI is InChI=1S/C27H24O6/c1-3-23(27(29)31-16-19-9-5-4-6-10-19)32-21-12-13-22-24(15-21)30-17-25(26(22)28)33-20-11-7-8-18(2)14-20/h4-15,17,23H,3,16H2,1-2H3/t23-/m1/s1. The number of carbonyl (C=O) groups excluding carboxylic acids is 1. The summed E-state index contributed by atoms with van der Waals surface area (Å²) >= 11 is 0. The minimum atomic E-state index is -0.776. The van der Waals surface area contributed by atoms with Gasteiger partial charge in [-0.25, -0.2) is 4.79 Å². The second-order valence-corrected chi connectivity index (χ2v) is 7.61. The van der Waals surface area contributed by atoms with Gasteiger partial charge < -0.3 is 18.6 Å². The van der Waals surface area contributed by atoms with Crippen molar-refractivity contribution in [3.63, 3.8) is 0 Å². The lowest BCUT2D eigenvalue weighted by atomic mass is 10.2. The number of ether oxygens (including phenoxy) is 3. The second kappa shape index (κ2) is 10.0. The van der Waals surface area contributed by atoms with Crippen molar-refractivity contribution < 1.29 is 23.4 Å². The van der Waals surface area contributed by atoms with Gasteiger partial charge in [-0.1, -0.05) is 49.4 Å². The molecule has 168 valence electrons. The third kappa shape index (κ3) is 5.41. The molecule has 6 nitrogen and oxygen atoms in total. The highest BCUT2D eigenvalue weighted by atomic mass is 16.6. The quantitative estimate of drug-likeness (QED) is 0.320. The van der Waals surface area contributed by atoms with Gasteiger partial charge >= 0.3 is 5.97 Å². The van der Waals surface area contributed by atoms with Gasteiger partial charge in [0.2, 0.25) is 11.2 Å². The van der Waals surface area contributed by atoms with E-state index in [1.54, 1.807) is 24.3 Å². The van der Waals surface area contributed by atoms with E-state index in [0.29, 0.717) is 28.9 Å². The van der Waals surface area contributed by atoms with Crippen molar-refractivity contribution in [1.29, 1.82) is 0 Å². The highest BCUT2D eigenvalue weighted by Gasteiger charge is 2.21. The first-order chi connectivity index (χ1) is 16.0. The lowest BCUT2D eigenvalue weighted by Crippen LogP contribution is -2.28. The van der Waals surface area contributed by atoms with Crippen molar-refractivity contribution in [2.45, 2.75) is 33.0 Å². The monoisotopic (exact) mass is 444 g/mol. The summed E-state index contributed by atoms with van der Waals surface area (Å²) in [5.41, 5.74) is 1.96. The largest absolute Gasteiger partial charge is 0.479 e. The maximum Gasteiger partial charge on any atom is 0.347 e. The van der Waals surface area contributed by atoms with Crippen LogP contribution in [-0.2, 0) is 16.1 Å². The molecule has 6 heteroatoms. The summed E-state index contributed by atoms with van der Waals surface area (Å²) in [6, 6.07) is 21.7. The van der Waals surface area contributed by atoms with Crippen molar-refractivity contribution in [2.24, 2.45) is 0 Å². The molecule has 0 aliphatic heterocycles. The molecule has 4 rings (SSSR count). The van der Waals surface area contributed by atoms with Crippen molar-refractivity contribution in [1.82, 2.24) is 0 Å². The van der Waals surface area contributed by atoms with Crippen LogP contribution in [0.4, 0.5) is 0 Å². The first kappa shape index (κ1) is 22.1. The van der Waals surface area contributed by atoms with E-state index >= 15 is 0 Å². The molecule has 1 aromatic heterocycles. The number of fused-ring (bicyclic) bond motifs is 1. The predicted octanol–water partition coefficient (Wildman–Crippen LogP) is 5.79. The lowest BCUT2D eigenvalue weighted by molar-refractivity contribution is -0.153. The van der Waals surface area contributed by atoms with Gasteiger partial charge in [0.05, 0.1) is 5.39 Å². The summed E-state index contributed by atoms with van der Waals surface area (Å²) in [5, 5.41) is 0.354. The Bertz CT molecular complexity index is 1310. The Kier molecular flexibility index (Phi) is 6.74. The van der Waals surface area contributed by atoms with Crippen LogP contribution in [-0.4, -0.2) is 12.1 Å². The molecule has 1 heterocycles. The SMILES string of the molecule is CC[C@@H](Oc1ccc2c(=O)c(Oc3cccc(C)c3)coc2c1)C(=O)OCc1ccccc1. The molecule has 0 aliphatic carbocycles. The summed E-state index contributed by atoms with van der Waals surface area (Å²) in [6.07, 6.45) is 0.933. The Hall–Kier alpha value is -4.06. The fraction of sp³-hybridized carbons (Fsp3) is 0.185. The summed E-state index contributed by atoms with van der Waals surface area (Å²) < 4.78 is 22.6. The van der Waals surface area contributed by atoms with Crippen LogP contribution in [0.2, 0.25) is 0 Å². The number of esters is 1. The molecule has 0 saturated carbocycles. The van der Waals surface area contributed by atoms with E-state index in [0.717, 1.165) is 11.1 Å². The Morgan fingerprint density at radius 3 is 2.55 bits per heavy atom. The molecule has 4 aromatic rings. The highest BCUT2D eigenvalue weighted by Crippen LogP contribution is 2.25. The van der Waals surface area contributed by atoms with Crippen LogP contribution in [0, 0.1) is 6.92 Å². The normalized spacial score (nSPS) is 11.7. The van der Waals surface area contributed by atoms with Crippen molar-refractivity contribution in [2.75, 3.05) is 0 Å². The Balaban J connectivity index is 1.47. The fourth-order valence-corrected chi connectivity index (χ4v) is 3.32. The van der Waals surface area contributed by atoms with Crippen LogP contribution in [0.1, 0.15) is 24.5 Å². The summed E-state index contributed by atoms with van der Waals surface area (Å²) in [5.74, 6) is 0.602. The van der Waals surface area contributed by atoms with Crippen molar-refractivity contribution >= 4 is 16.9 Å². The summed E-state index contributed by atoms with van der Waals surface area (Å²) in [4.78, 5) is 25.3. The van der Waals surface area contributed by atoms with Gasteiger partial charge in [0.1, 0.15) is 30.0 Å². The van der Waals surface area contributed by atoms with Gasteiger partial charge in [0, 0.05) is 6.07 Å². The van der Waals surface area contributed by atoms with E-state index in [1.807, 2.05) is 62.4 Å². The predicted molar refractivity (Wildman–Crippen MR) is 125 cm³/mol. The van der Waals surface area contributed by atoms with E-state index in [-0.39, 0.29) is 17.8 Å². The van der Waals surface area contributed by atoms with Crippen LogP contribution < -0.4 is 14.9 Å². The third-order valence-electron chi connectivity index (χ3n) is 5.07. The Morgan fingerprint density at radius 2 is 1.79 bits per heavy atom. The molecule has 0 bridgehead atoms. The van der Waals surface area contributed by atoms with Gasteiger partial charge in [0.15, 0.2) is 6.10 Å². The van der Waals surface area contributed by atoms with Crippen molar-refractivity contribution in [3.8, 4) is 17.2 Å². The first-order valence-corrected chi connectivity index (χ1v) is 10.7. The Morgan fingerprint density at radius 1 is 0.970 bits per heavy atom. The second-order valence-electron chi connectivity index (χ2n) is 7.61. The maximum atomic E-state index is 12.8. The molecule has 3 aromatic carbocycles. The number of carbonyl (C=O) groups is 1. The van der Waals surface area contributed by atoms with Gasteiger partial charge in [-0.2, -0.15) is 0 Å². The number of hydrogen-bond acceptors (Lipinski definition) is 6. The molecule has 0 unspecified atom stereocenters. The number of aryl methyl sites for hydroxylation is 1. The molecule has 0 radical (unpaired) electrons. The van der Waals surface area contributed by atoms with E-state index < -0.39 is 12.1 Å². The minimum absolute atomic E-state index is 0.0951. The van der Waals surface area contributed by atoms with Gasteiger partial charge in [0.25, 0.3) is 0 Å². The number of benzene rings is 3. The Labute approximate surface area is 191 Å². The van der Waals surface area contributed by atoms with Crippen LogP contribution >= 0.6 is 0 Å². The van der Waals surface area contributed by atoms with Crippen molar-refractivity contribution in [3.05, 3.63) is 100 Å². The molecular formula is C27H24O6. The molecular weight excluding hydrogens is 420 g/mol. The third-order valence-corrected chi connectivity index (χ3v) is 5.07. The molecule has 33 heavy (non-hydrogen) atoms. The van der Waals surface area contributed by atoms with Crippen LogP contribution in [0.3, 0.4) is 0 Å². The number of hydrogen-bond donors (Lipinski definition) is 0. The molecule has 0 amide bonds. The molecule has 0 spiro atoms. The molecule has 0 saturated heterocycles. The zero-order valence-corrected chi connectivity index (χ0v) is 18.4. The van der Waals surface area contributed by atoms with E-state index in [1.165, 1.54) is 6.26 Å². The van der Waals surface area contributed by atoms with E-state index in [2.05, 4.69) is 0 Å². The van der Waals surface area contributed by atoms with Crippen LogP contribution in [0.5, 0.6) is 17.2 Å². The van der Waals surface area contributed by atoms with Crippen LogP contribution in [0.15, 0.2) is 88.3 Å².